The quantitative estimate of drug-likeness (QED) is 0.382. The molecule has 1 aliphatic heterocycles. The molecule has 0 aliphatic carbocycles. The maximum Gasteiger partial charge on any atom is 0.336 e. The molecule has 0 fully saturated rings. The lowest BCUT2D eigenvalue weighted by molar-refractivity contribution is -0.169. The summed E-state index contributed by atoms with van der Waals surface area (Å²) in [6.07, 6.45) is 3.74. The van der Waals surface area contributed by atoms with Crippen molar-refractivity contribution < 1.29 is 18.7 Å². The van der Waals surface area contributed by atoms with Gasteiger partial charge >= 0.3 is 5.63 Å². The van der Waals surface area contributed by atoms with Crippen LogP contribution in [0.3, 0.4) is 0 Å². The lowest BCUT2D eigenvalue weighted by Gasteiger charge is -2.28. The number of aliphatic imine (C=N–C) groups is 1. The number of amides is 1. The molecular formula is C23H34N2O5S. The summed E-state index contributed by atoms with van der Waals surface area (Å²) in [5, 5.41) is 3.70. The molecule has 0 aromatic carbocycles. The number of thioether (sulfide) groups is 1. The number of carbonyl (C=O) groups is 1. The van der Waals surface area contributed by atoms with Crippen LogP contribution in [0.1, 0.15) is 64.8 Å². The second-order valence-corrected chi connectivity index (χ2v) is 8.75. The Balaban J connectivity index is 2.27. The molecule has 1 aromatic heterocycles. The van der Waals surface area contributed by atoms with Crippen molar-refractivity contribution in [3.8, 4) is 0 Å². The van der Waals surface area contributed by atoms with E-state index in [1.54, 1.807) is 13.0 Å². The van der Waals surface area contributed by atoms with Gasteiger partial charge in [0.15, 0.2) is 0 Å². The van der Waals surface area contributed by atoms with Crippen molar-refractivity contribution in [3.63, 3.8) is 0 Å². The third-order valence-electron chi connectivity index (χ3n) is 5.01. The van der Waals surface area contributed by atoms with Gasteiger partial charge < -0.3 is 19.2 Å². The first kappa shape index (κ1) is 25.4. The molecule has 0 radical (unpaired) electrons. The maximum atomic E-state index is 13.3. The zero-order chi connectivity index (χ0) is 23.1. The van der Waals surface area contributed by atoms with Crippen molar-refractivity contribution in [2.24, 2.45) is 4.99 Å². The van der Waals surface area contributed by atoms with E-state index in [1.807, 2.05) is 33.8 Å². The summed E-state index contributed by atoms with van der Waals surface area (Å²) in [6.45, 7) is 14.1. The van der Waals surface area contributed by atoms with Gasteiger partial charge in [0.05, 0.1) is 6.04 Å². The molecule has 1 amide bonds. The Morgan fingerprint density at radius 1 is 1.39 bits per heavy atom. The van der Waals surface area contributed by atoms with Crippen LogP contribution < -0.4 is 10.9 Å². The van der Waals surface area contributed by atoms with Crippen LogP contribution in [0.2, 0.25) is 0 Å². The van der Waals surface area contributed by atoms with E-state index < -0.39 is 23.0 Å². The number of ether oxygens (including phenoxy) is 2. The first-order valence-electron chi connectivity index (χ1n) is 10.8. The molecule has 0 bridgehead atoms. The Kier molecular flexibility index (Phi) is 9.09. The SMILES string of the molecule is C=CCc1cc([C@@H](CCC)NC(=O)[C@]2(C)CSC(C(C)(OCC)OCC)=N2)oc(=O)c1. The zero-order valence-corrected chi connectivity index (χ0v) is 20.0. The third kappa shape index (κ3) is 6.30. The molecule has 7 nitrogen and oxygen atoms in total. The molecule has 2 atom stereocenters. The molecule has 1 aliphatic rings. The van der Waals surface area contributed by atoms with E-state index in [1.165, 1.54) is 17.8 Å². The van der Waals surface area contributed by atoms with E-state index in [9.17, 15) is 9.59 Å². The topological polar surface area (TPSA) is 90.1 Å². The van der Waals surface area contributed by atoms with E-state index in [4.69, 9.17) is 18.9 Å². The molecule has 1 N–H and O–H groups in total. The van der Waals surface area contributed by atoms with E-state index in [-0.39, 0.29) is 5.91 Å². The normalized spacial score (nSPS) is 19.7. The standard InChI is InChI=1S/C23H34N2O5S/c1-7-11-16-13-18(30-19(26)14-16)17(12-8-2)24-20(27)22(5)15-31-21(25-22)23(6,28-9-3)29-10-4/h7,13-14,17H,1,8-12,15H2,2-6H3,(H,24,27)/t17-,22+/m1/s1. The highest BCUT2D eigenvalue weighted by atomic mass is 32.2. The Bertz CT molecular complexity index is 860. The first-order valence-corrected chi connectivity index (χ1v) is 11.8. The predicted molar refractivity (Wildman–Crippen MR) is 125 cm³/mol. The van der Waals surface area contributed by atoms with E-state index >= 15 is 0 Å². The molecule has 0 saturated heterocycles. The summed E-state index contributed by atoms with van der Waals surface area (Å²) >= 11 is 1.47. The molecular weight excluding hydrogens is 416 g/mol. The average molecular weight is 451 g/mol. The molecule has 2 rings (SSSR count). The third-order valence-corrected chi connectivity index (χ3v) is 6.45. The first-order chi connectivity index (χ1) is 14.7. The molecule has 172 valence electrons. The van der Waals surface area contributed by atoms with Gasteiger partial charge in [0.2, 0.25) is 11.7 Å². The number of hydrogen-bond donors (Lipinski definition) is 1. The molecule has 1 aromatic rings. The van der Waals surface area contributed by atoms with Gasteiger partial charge in [-0.15, -0.1) is 18.3 Å². The summed E-state index contributed by atoms with van der Waals surface area (Å²) < 4.78 is 17.0. The highest BCUT2D eigenvalue weighted by Gasteiger charge is 2.45. The van der Waals surface area contributed by atoms with Crippen molar-refractivity contribution in [2.45, 2.75) is 71.2 Å². The molecule has 0 spiro atoms. The second-order valence-electron chi connectivity index (χ2n) is 7.79. The summed E-state index contributed by atoms with van der Waals surface area (Å²) in [7, 11) is 0. The van der Waals surface area contributed by atoms with Crippen LogP contribution in [-0.2, 0) is 20.7 Å². The fourth-order valence-electron chi connectivity index (χ4n) is 3.46. The number of hydrogen-bond acceptors (Lipinski definition) is 7. The van der Waals surface area contributed by atoms with E-state index in [0.29, 0.717) is 42.6 Å². The summed E-state index contributed by atoms with van der Waals surface area (Å²) in [5.74, 6) is -0.267. The molecule has 31 heavy (non-hydrogen) atoms. The van der Waals surface area contributed by atoms with Crippen molar-refractivity contribution in [1.82, 2.24) is 5.32 Å². The van der Waals surface area contributed by atoms with Gasteiger partial charge in [-0.3, -0.25) is 9.79 Å². The predicted octanol–water partition coefficient (Wildman–Crippen LogP) is 4.02. The summed E-state index contributed by atoms with van der Waals surface area (Å²) in [5.41, 5.74) is -0.596. The van der Waals surface area contributed by atoms with Crippen LogP contribution in [-0.4, -0.2) is 41.2 Å². The lowest BCUT2D eigenvalue weighted by Crippen LogP contribution is -2.45. The van der Waals surface area contributed by atoms with E-state index in [2.05, 4.69) is 11.9 Å². The van der Waals surface area contributed by atoms with E-state index in [0.717, 1.165) is 12.0 Å². The monoisotopic (exact) mass is 450 g/mol. The maximum absolute atomic E-state index is 13.3. The summed E-state index contributed by atoms with van der Waals surface area (Å²) in [6, 6.07) is 2.84. The Morgan fingerprint density at radius 3 is 2.65 bits per heavy atom. The number of nitrogens with zero attached hydrogens (tertiary/aromatic N) is 1. The summed E-state index contributed by atoms with van der Waals surface area (Å²) in [4.78, 5) is 30.0. The van der Waals surface area contributed by atoms with Gasteiger partial charge in [-0.05, 0) is 52.2 Å². The largest absolute Gasteiger partial charge is 0.426 e. The average Bonchev–Trinajstić information content (AvgIpc) is 3.12. The second kappa shape index (κ2) is 11.1. The van der Waals surface area contributed by atoms with Gasteiger partial charge in [0.25, 0.3) is 0 Å². The highest BCUT2D eigenvalue weighted by molar-refractivity contribution is 8.14. The molecule has 0 unspecified atom stereocenters. The fourth-order valence-corrected chi connectivity index (χ4v) is 4.72. The van der Waals surface area contributed by atoms with Crippen LogP contribution in [0, 0.1) is 0 Å². The van der Waals surface area contributed by atoms with Crippen LogP contribution in [0.4, 0.5) is 0 Å². The smallest absolute Gasteiger partial charge is 0.336 e. The Labute approximate surface area is 188 Å². The van der Waals surface area contributed by atoms with Crippen molar-refractivity contribution in [2.75, 3.05) is 19.0 Å². The van der Waals surface area contributed by atoms with Crippen LogP contribution in [0.5, 0.6) is 0 Å². The van der Waals surface area contributed by atoms with Gasteiger partial charge in [-0.1, -0.05) is 19.4 Å². The van der Waals surface area contributed by atoms with Gasteiger partial charge in [0, 0.05) is 25.0 Å². The number of nitrogens with one attached hydrogen (secondary N) is 1. The van der Waals surface area contributed by atoms with Crippen LogP contribution in [0.25, 0.3) is 0 Å². The number of rotatable bonds is 12. The van der Waals surface area contributed by atoms with Gasteiger partial charge in [-0.25, -0.2) is 4.79 Å². The highest BCUT2D eigenvalue weighted by Crippen LogP contribution is 2.35. The Morgan fingerprint density at radius 2 is 2.06 bits per heavy atom. The fraction of sp³-hybridized carbons (Fsp3) is 0.609. The van der Waals surface area contributed by atoms with Crippen molar-refractivity contribution in [1.29, 1.82) is 0 Å². The van der Waals surface area contributed by atoms with Gasteiger partial charge in [0.1, 0.15) is 16.3 Å². The van der Waals surface area contributed by atoms with Gasteiger partial charge in [-0.2, -0.15) is 0 Å². The minimum atomic E-state index is -0.972. The minimum absolute atomic E-state index is 0.222. The minimum Gasteiger partial charge on any atom is -0.426 e. The number of allylic oxidation sites excluding steroid dienone is 1. The van der Waals surface area contributed by atoms with Crippen LogP contribution in [0.15, 0.2) is 39.0 Å². The van der Waals surface area contributed by atoms with Crippen molar-refractivity contribution in [3.05, 3.63) is 46.5 Å². The Hall–Kier alpha value is -1.90. The zero-order valence-electron chi connectivity index (χ0n) is 19.2. The van der Waals surface area contributed by atoms with Crippen LogP contribution >= 0.6 is 11.8 Å². The molecule has 0 saturated carbocycles. The molecule has 2 heterocycles. The lowest BCUT2D eigenvalue weighted by atomic mass is 10.0. The number of carbonyl (C=O) groups excluding carboxylic acids is 1. The molecule has 8 heteroatoms. The van der Waals surface area contributed by atoms with Crippen molar-refractivity contribution >= 4 is 22.7 Å².